The third kappa shape index (κ3) is 11.5. The first-order valence-corrected chi connectivity index (χ1v) is 15.4. The maximum Gasteiger partial charge on any atom is 0.285 e. The number of rotatable bonds is 15. The lowest BCUT2D eigenvalue weighted by atomic mass is 10.0. The summed E-state index contributed by atoms with van der Waals surface area (Å²) < 4.78 is 27.7. The quantitative estimate of drug-likeness (QED) is 0.0552. The van der Waals surface area contributed by atoms with Gasteiger partial charge in [0.05, 0.1) is 24.6 Å². The molecule has 0 bridgehead atoms. The van der Waals surface area contributed by atoms with Gasteiger partial charge in [0, 0.05) is 31.3 Å². The molecule has 46 heavy (non-hydrogen) atoms. The fraction of sp³-hybridized carbons (Fsp3) is 0.345. The number of nitrogens with one attached hydrogen (secondary N) is 1. The van der Waals surface area contributed by atoms with E-state index in [-0.39, 0.29) is 12.4 Å². The van der Waals surface area contributed by atoms with Crippen molar-refractivity contribution in [2.24, 2.45) is 0 Å². The third-order valence-electron chi connectivity index (χ3n) is 6.47. The topological polar surface area (TPSA) is 261 Å². The van der Waals surface area contributed by atoms with Crippen molar-refractivity contribution in [3.05, 3.63) is 89.9 Å². The summed E-state index contributed by atoms with van der Waals surface area (Å²) in [5.74, 6) is 1.20. The highest BCUT2D eigenvalue weighted by Crippen LogP contribution is 2.30. The SMILES string of the molecule is CNC[C@H](O)[C@@H](O)[C@H](O)[C@H](O)CO.Nc1c(-c2cc(Cc3ccc(COc4ccccn4)cc3)no2)ccc[n+]1COP(=O)([O-])O. The summed E-state index contributed by atoms with van der Waals surface area (Å²) in [6.45, 7) is -0.615. The summed E-state index contributed by atoms with van der Waals surface area (Å²) in [6, 6.07) is 18.6. The summed E-state index contributed by atoms with van der Waals surface area (Å²) in [4.78, 5) is 23.8. The summed E-state index contributed by atoms with van der Waals surface area (Å²) in [6.07, 6.45) is -1.90. The number of phosphoric acid groups is 1. The van der Waals surface area contributed by atoms with E-state index in [4.69, 9.17) is 40.3 Å². The molecular weight excluding hydrogens is 625 g/mol. The smallest absolute Gasteiger partial charge is 0.285 e. The fourth-order valence-electron chi connectivity index (χ4n) is 3.99. The van der Waals surface area contributed by atoms with Gasteiger partial charge in [-0.2, -0.15) is 0 Å². The molecule has 3 heterocycles. The summed E-state index contributed by atoms with van der Waals surface area (Å²) in [7, 11) is -3.30. The van der Waals surface area contributed by atoms with Gasteiger partial charge in [-0.25, -0.2) is 9.55 Å². The van der Waals surface area contributed by atoms with Gasteiger partial charge in [-0.1, -0.05) is 35.5 Å². The van der Waals surface area contributed by atoms with Gasteiger partial charge in [-0.3, -0.25) is 14.8 Å². The van der Waals surface area contributed by atoms with E-state index in [0.717, 1.165) is 11.1 Å². The molecular formula is C29H38N5O11P. The molecule has 0 radical (unpaired) electrons. The third-order valence-corrected chi connectivity index (χ3v) is 6.91. The number of ether oxygens (including phenoxy) is 1. The van der Waals surface area contributed by atoms with Crippen molar-refractivity contribution in [2.75, 3.05) is 25.9 Å². The molecule has 0 saturated carbocycles. The Bertz CT molecular complexity index is 1520. The number of nitrogen functional groups attached to an aromatic ring is 1. The van der Waals surface area contributed by atoms with Gasteiger partial charge in [0.2, 0.25) is 5.88 Å². The van der Waals surface area contributed by atoms with Gasteiger partial charge >= 0.3 is 0 Å². The highest BCUT2D eigenvalue weighted by atomic mass is 31.2. The number of likely N-dealkylation sites (N-methyl/N-ethyl adjacent to an activating group) is 1. The van der Waals surface area contributed by atoms with Crippen LogP contribution in [0.4, 0.5) is 5.82 Å². The number of aliphatic hydroxyl groups is 5. The molecule has 4 aromatic rings. The molecule has 3 aromatic heterocycles. The molecule has 250 valence electrons. The molecule has 1 aromatic carbocycles. The van der Waals surface area contributed by atoms with Crippen LogP contribution in [0.1, 0.15) is 16.8 Å². The van der Waals surface area contributed by atoms with E-state index < -0.39 is 45.6 Å². The normalized spacial score (nSPS) is 15.1. The van der Waals surface area contributed by atoms with E-state index in [9.17, 15) is 14.6 Å². The lowest BCUT2D eigenvalue weighted by Gasteiger charge is -2.25. The van der Waals surface area contributed by atoms with Crippen LogP contribution in [0.25, 0.3) is 11.3 Å². The first-order chi connectivity index (χ1) is 21.9. The number of benzene rings is 1. The average Bonchev–Trinajstić information content (AvgIpc) is 3.51. The Morgan fingerprint density at radius 2 is 1.74 bits per heavy atom. The van der Waals surface area contributed by atoms with Gasteiger partial charge in [-0.05, 0) is 36.4 Å². The lowest BCUT2D eigenvalue weighted by Crippen LogP contribution is -2.48. The number of nitrogens with two attached hydrogens (primary N) is 1. The minimum absolute atomic E-state index is 0.0936. The van der Waals surface area contributed by atoms with Crippen LogP contribution in [0.2, 0.25) is 0 Å². The predicted octanol–water partition coefficient (Wildman–Crippen LogP) is -1.15. The summed E-state index contributed by atoms with van der Waals surface area (Å²) in [5.41, 5.74) is 9.37. The van der Waals surface area contributed by atoms with Crippen molar-refractivity contribution in [3.8, 4) is 17.2 Å². The molecule has 16 nitrogen and oxygen atoms in total. The number of aromatic nitrogens is 3. The van der Waals surface area contributed by atoms with Crippen molar-refractivity contribution < 1.29 is 58.2 Å². The minimum atomic E-state index is -4.87. The zero-order chi connectivity index (χ0) is 33.7. The van der Waals surface area contributed by atoms with E-state index in [1.165, 1.54) is 10.8 Å². The van der Waals surface area contributed by atoms with Gasteiger partial charge in [0.15, 0.2) is 12.5 Å². The van der Waals surface area contributed by atoms with Crippen molar-refractivity contribution in [2.45, 2.75) is 44.2 Å². The molecule has 9 N–H and O–H groups in total. The predicted molar refractivity (Wildman–Crippen MR) is 160 cm³/mol. The summed E-state index contributed by atoms with van der Waals surface area (Å²) in [5, 5.41) is 51.6. The Labute approximate surface area is 264 Å². The van der Waals surface area contributed by atoms with E-state index in [1.807, 2.05) is 36.4 Å². The highest BCUT2D eigenvalue weighted by molar-refractivity contribution is 7.44. The van der Waals surface area contributed by atoms with Crippen molar-refractivity contribution in [1.82, 2.24) is 15.5 Å². The van der Waals surface area contributed by atoms with Gasteiger partial charge in [0.25, 0.3) is 13.6 Å². The molecule has 5 atom stereocenters. The number of hydrogen-bond acceptors (Lipinski definition) is 14. The van der Waals surface area contributed by atoms with Crippen LogP contribution < -0.4 is 25.2 Å². The molecule has 0 aliphatic heterocycles. The maximum absolute atomic E-state index is 10.8. The largest absolute Gasteiger partial charge is 0.756 e. The fourth-order valence-corrected chi connectivity index (χ4v) is 4.26. The van der Waals surface area contributed by atoms with Crippen LogP contribution in [0, 0.1) is 0 Å². The van der Waals surface area contributed by atoms with E-state index in [0.29, 0.717) is 35.9 Å². The Hall–Kier alpha value is -3.80. The van der Waals surface area contributed by atoms with E-state index in [2.05, 4.69) is 20.0 Å². The van der Waals surface area contributed by atoms with Crippen LogP contribution in [-0.2, 0) is 28.8 Å². The molecule has 0 amide bonds. The van der Waals surface area contributed by atoms with Gasteiger partial charge < -0.3 is 49.9 Å². The van der Waals surface area contributed by atoms with Crippen LogP contribution in [-0.4, -0.2) is 85.2 Å². The maximum atomic E-state index is 10.8. The number of pyridine rings is 2. The number of nitrogens with zero attached hydrogens (tertiary/aromatic N) is 3. The van der Waals surface area contributed by atoms with Crippen LogP contribution in [0.3, 0.4) is 0 Å². The average molecular weight is 664 g/mol. The molecule has 4 rings (SSSR count). The van der Waals surface area contributed by atoms with Crippen LogP contribution >= 0.6 is 7.82 Å². The summed E-state index contributed by atoms with van der Waals surface area (Å²) >= 11 is 0. The molecule has 1 unspecified atom stereocenters. The molecule has 0 aliphatic carbocycles. The Morgan fingerprint density at radius 1 is 1.04 bits per heavy atom. The van der Waals surface area contributed by atoms with Crippen LogP contribution in [0.5, 0.6) is 5.88 Å². The standard InChI is InChI=1S/C22H21N4O6P.C7H17NO5/c23-22-19(4-3-11-26(22)15-31-33(27,28)29)20-13-18(25-32-20)12-16-6-8-17(9-7-16)14-30-21-5-1-2-10-24-21;1-8-2-4(10)6(12)7(13)5(11)3-9/h1-11,13,23H,12,14-15H2,(H2,27,28,29);4-13H,2-3H2,1H3/t;4-,5+,6+,7+/m.0/s1. The molecule has 0 aliphatic rings. The number of phosphoric ester groups is 1. The number of hydrogen-bond donors (Lipinski definition) is 8. The number of aliphatic hydroxyl groups excluding tert-OH is 5. The van der Waals surface area contributed by atoms with Gasteiger partial charge in [-0.15, -0.1) is 0 Å². The molecule has 0 spiro atoms. The zero-order valence-corrected chi connectivity index (χ0v) is 25.8. The second-order valence-electron chi connectivity index (χ2n) is 9.99. The minimum Gasteiger partial charge on any atom is -0.756 e. The first-order valence-electron chi connectivity index (χ1n) is 13.9. The molecule has 0 saturated heterocycles. The second kappa shape index (κ2) is 17.8. The lowest BCUT2D eigenvalue weighted by molar-refractivity contribution is -0.713. The van der Waals surface area contributed by atoms with Crippen LogP contribution in [0.15, 0.2) is 77.6 Å². The molecule has 17 heteroatoms. The van der Waals surface area contributed by atoms with Crippen molar-refractivity contribution in [3.63, 3.8) is 0 Å². The Balaban J connectivity index is 0.000000376. The monoisotopic (exact) mass is 663 g/mol. The van der Waals surface area contributed by atoms with Gasteiger partial charge in [0.1, 0.15) is 30.5 Å². The van der Waals surface area contributed by atoms with Crippen molar-refractivity contribution in [1.29, 1.82) is 0 Å². The number of anilines is 1. The Morgan fingerprint density at radius 3 is 2.37 bits per heavy atom. The van der Waals surface area contributed by atoms with Crippen molar-refractivity contribution >= 4 is 13.6 Å². The highest BCUT2D eigenvalue weighted by Gasteiger charge is 2.29. The van der Waals surface area contributed by atoms with E-state index in [1.54, 1.807) is 37.5 Å². The molecule has 0 fully saturated rings. The second-order valence-corrected chi connectivity index (χ2v) is 11.2. The van der Waals surface area contributed by atoms with E-state index >= 15 is 0 Å². The zero-order valence-electron chi connectivity index (χ0n) is 24.9. The Kier molecular flexibility index (Phi) is 14.2. The first kappa shape index (κ1) is 36.7.